The largest absolute Gasteiger partial charge is 0.497 e. The molecular weight excluding hydrogens is 360 g/mol. The third-order valence-corrected chi connectivity index (χ3v) is 5.00. The maximum Gasteiger partial charge on any atom is 0.305 e. The average molecular weight is 374 g/mol. The highest BCUT2D eigenvalue weighted by Gasteiger charge is 2.32. The van der Waals surface area contributed by atoms with Gasteiger partial charge in [-0.15, -0.1) is 0 Å². The summed E-state index contributed by atoms with van der Waals surface area (Å²) in [5, 5.41) is 9.70. The van der Waals surface area contributed by atoms with E-state index in [0.29, 0.717) is 14.9 Å². The van der Waals surface area contributed by atoms with Crippen LogP contribution in [-0.2, 0) is 9.59 Å². The Bertz CT molecular complexity index is 911. The molecule has 3 rings (SSSR count). The first kappa shape index (κ1) is 17.4. The smallest absolute Gasteiger partial charge is 0.305 e. The van der Waals surface area contributed by atoms with E-state index in [-0.39, 0.29) is 18.9 Å². The van der Waals surface area contributed by atoms with Crippen LogP contribution in [0.3, 0.4) is 0 Å². The number of thiocarbonyl (C=S) groups is 1. The third-order valence-electron chi connectivity index (χ3n) is 3.62. The van der Waals surface area contributed by atoms with E-state index in [4.69, 9.17) is 22.1 Å². The van der Waals surface area contributed by atoms with Gasteiger partial charge in [0.25, 0.3) is 5.91 Å². The number of methoxy groups -OCH3 is 1. The number of carboxylic acid groups (broad SMARTS) is 1. The molecule has 0 spiro atoms. The summed E-state index contributed by atoms with van der Waals surface area (Å²) in [6.45, 7) is 0.0717. The van der Waals surface area contributed by atoms with Gasteiger partial charge in [-0.05, 0) is 30.3 Å². The fraction of sp³-hybridized carbons (Fsp3) is 0.176. The van der Waals surface area contributed by atoms with E-state index in [1.165, 1.54) is 4.90 Å². The highest BCUT2D eigenvalue weighted by molar-refractivity contribution is 8.26. The van der Waals surface area contributed by atoms with Crippen molar-refractivity contribution >= 4 is 57.2 Å². The molecule has 2 heterocycles. The van der Waals surface area contributed by atoms with Crippen LogP contribution < -0.4 is 4.74 Å². The van der Waals surface area contributed by atoms with Gasteiger partial charge < -0.3 is 9.84 Å². The minimum atomic E-state index is -0.968. The van der Waals surface area contributed by atoms with Crippen LogP contribution in [0.1, 0.15) is 12.1 Å². The van der Waals surface area contributed by atoms with Gasteiger partial charge in [0.05, 0.1) is 29.6 Å². The molecule has 1 fully saturated rings. The lowest BCUT2D eigenvalue weighted by molar-refractivity contribution is -0.137. The maximum absolute atomic E-state index is 12.4. The number of pyridine rings is 1. The molecule has 25 heavy (non-hydrogen) atoms. The van der Waals surface area contributed by atoms with E-state index < -0.39 is 5.97 Å². The number of carbonyl (C=O) groups excluding carboxylic acids is 1. The summed E-state index contributed by atoms with van der Waals surface area (Å²) >= 11 is 6.32. The van der Waals surface area contributed by atoms with E-state index in [1.807, 2.05) is 30.3 Å². The molecule has 0 radical (unpaired) electrons. The van der Waals surface area contributed by atoms with Crippen molar-refractivity contribution in [2.24, 2.45) is 0 Å². The molecule has 1 aromatic carbocycles. The summed E-state index contributed by atoms with van der Waals surface area (Å²) in [7, 11) is 1.61. The zero-order valence-electron chi connectivity index (χ0n) is 13.3. The van der Waals surface area contributed by atoms with E-state index >= 15 is 0 Å². The summed E-state index contributed by atoms with van der Waals surface area (Å²) in [4.78, 5) is 29.4. The Hall–Kier alpha value is -2.45. The van der Waals surface area contributed by atoms with Crippen LogP contribution in [-0.4, -0.2) is 44.8 Å². The Morgan fingerprint density at radius 1 is 1.40 bits per heavy atom. The normalized spacial score (nSPS) is 16.0. The van der Waals surface area contributed by atoms with Crippen LogP contribution in [0.4, 0.5) is 0 Å². The molecule has 0 saturated carbocycles. The molecule has 1 amide bonds. The number of amides is 1. The standard InChI is InChI=1S/C17H14N2O4S2/c1-23-12-4-5-13-10(8-12)2-3-11(18-13)9-14-16(22)19(17(24)25-14)7-6-15(20)21/h2-5,8-9H,6-7H2,1H3,(H,20,21). The number of hydrogen-bond donors (Lipinski definition) is 1. The van der Waals surface area contributed by atoms with Crippen LogP contribution in [0, 0.1) is 0 Å². The number of ether oxygens (including phenoxy) is 1. The Kier molecular flexibility index (Phi) is 5.00. The van der Waals surface area contributed by atoms with Crippen molar-refractivity contribution in [2.75, 3.05) is 13.7 Å². The number of aromatic nitrogens is 1. The first-order valence-corrected chi connectivity index (χ1v) is 8.62. The summed E-state index contributed by atoms with van der Waals surface area (Å²) in [6.07, 6.45) is 1.53. The quantitative estimate of drug-likeness (QED) is 0.637. The lowest BCUT2D eigenvalue weighted by atomic mass is 10.2. The number of benzene rings is 1. The number of aliphatic carboxylic acids is 1. The van der Waals surface area contributed by atoms with Gasteiger partial charge in [-0.2, -0.15) is 0 Å². The molecule has 8 heteroatoms. The van der Waals surface area contributed by atoms with Crippen molar-refractivity contribution in [1.29, 1.82) is 0 Å². The summed E-state index contributed by atoms with van der Waals surface area (Å²) in [6, 6.07) is 9.28. The molecule has 128 valence electrons. The van der Waals surface area contributed by atoms with Gasteiger partial charge in [0.2, 0.25) is 0 Å². The first-order chi connectivity index (χ1) is 12.0. The third kappa shape index (κ3) is 3.80. The van der Waals surface area contributed by atoms with Gasteiger partial charge in [0, 0.05) is 11.9 Å². The van der Waals surface area contributed by atoms with Crippen molar-refractivity contribution < 1.29 is 19.4 Å². The number of hydrogen-bond acceptors (Lipinski definition) is 6. The monoisotopic (exact) mass is 374 g/mol. The lowest BCUT2D eigenvalue weighted by Crippen LogP contribution is -2.30. The van der Waals surface area contributed by atoms with E-state index in [9.17, 15) is 9.59 Å². The van der Waals surface area contributed by atoms with Crippen molar-refractivity contribution in [1.82, 2.24) is 9.88 Å². The molecule has 1 aliphatic heterocycles. The summed E-state index contributed by atoms with van der Waals surface area (Å²) in [5.74, 6) is -0.501. The molecule has 0 unspecified atom stereocenters. The van der Waals surface area contributed by atoms with Crippen molar-refractivity contribution in [3.63, 3.8) is 0 Å². The number of carbonyl (C=O) groups is 2. The maximum atomic E-state index is 12.4. The van der Waals surface area contributed by atoms with Crippen LogP contribution >= 0.6 is 24.0 Å². The summed E-state index contributed by atoms with van der Waals surface area (Å²) < 4.78 is 5.55. The number of thioether (sulfide) groups is 1. The molecule has 1 N–H and O–H groups in total. The second-order valence-electron chi connectivity index (χ2n) is 5.27. The zero-order valence-corrected chi connectivity index (χ0v) is 14.9. The molecule has 0 aliphatic carbocycles. The number of rotatable bonds is 5. The minimum absolute atomic E-state index is 0.0717. The van der Waals surface area contributed by atoms with E-state index in [1.54, 1.807) is 13.2 Å². The fourth-order valence-corrected chi connectivity index (χ4v) is 3.65. The van der Waals surface area contributed by atoms with E-state index in [2.05, 4.69) is 4.98 Å². The van der Waals surface area contributed by atoms with Crippen molar-refractivity contribution in [3.8, 4) is 5.75 Å². The number of fused-ring (bicyclic) bond motifs is 1. The average Bonchev–Trinajstić information content (AvgIpc) is 2.86. The van der Waals surface area contributed by atoms with E-state index in [0.717, 1.165) is 28.4 Å². The van der Waals surface area contributed by atoms with Crippen molar-refractivity contribution in [3.05, 3.63) is 40.9 Å². The second-order valence-corrected chi connectivity index (χ2v) is 6.95. The highest BCUT2D eigenvalue weighted by Crippen LogP contribution is 2.32. The van der Waals surface area contributed by atoms with Crippen molar-refractivity contribution in [2.45, 2.75) is 6.42 Å². The predicted octanol–water partition coefficient (Wildman–Crippen LogP) is 2.92. The molecule has 1 aliphatic rings. The Balaban J connectivity index is 1.85. The van der Waals surface area contributed by atoms with Gasteiger partial charge in [0.15, 0.2) is 0 Å². The summed E-state index contributed by atoms with van der Waals surface area (Å²) in [5.41, 5.74) is 1.42. The predicted molar refractivity (Wildman–Crippen MR) is 100 cm³/mol. The van der Waals surface area contributed by atoms with Crippen LogP contribution in [0.2, 0.25) is 0 Å². The lowest BCUT2D eigenvalue weighted by Gasteiger charge is -2.12. The first-order valence-electron chi connectivity index (χ1n) is 7.40. The molecule has 0 bridgehead atoms. The van der Waals surface area contributed by atoms with Crippen LogP contribution in [0.25, 0.3) is 17.0 Å². The number of carboxylic acids is 1. The van der Waals surface area contributed by atoms with Gasteiger partial charge in [-0.1, -0.05) is 30.0 Å². The van der Waals surface area contributed by atoms with Gasteiger partial charge in [0.1, 0.15) is 10.1 Å². The molecule has 2 aromatic rings. The van der Waals surface area contributed by atoms with Crippen LogP contribution in [0.5, 0.6) is 5.75 Å². The molecule has 1 aromatic heterocycles. The van der Waals surface area contributed by atoms with Crippen LogP contribution in [0.15, 0.2) is 35.2 Å². The SMILES string of the molecule is COc1ccc2nc(C=C3SC(=S)N(CCC(=O)O)C3=O)ccc2c1. The fourth-order valence-electron chi connectivity index (χ4n) is 2.36. The minimum Gasteiger partial charge on any atom is -0.497 e. The van der Waals surface area contributed by atoms with Gasteiger partial charge in [-0.3, -0.25) is 14.5 Å². The molecule has 1 saturated heterocycles. The molecule has 6 nitrogen and oxygen atoms in total. The molecule has 0 atom stereocenters. The topological polar surface area (TPSA) is 79.7 Å². The van der Waals surface area contributed by atoms with Gasteiger partial charge in [-0.25, -0.2) is 4.98 Å². The Morgan fingerprint density at radius 3 is 2.92 bits per heavy atom. The molecular formula is C17H14N2O4S2. The second kappa shape index (κ2) is 7.20. The Morgan fingerprint density at radius 2 is 2.20 bits per heavy atom. The number of nitrogens with zero attached hydrogens (tertiary/aromatic N) is 2. The Labute approximate surface area is 153 Å². The zero-order chi connectivity index (χ0) is 18.0. The highest BCUT2D eigenvalue weighted by atomic mass is 32.2. The van der Waals surface area contributed by atoms with Gasteiger partial charge >= 0.3 is 5.97 Å².